The van der Waals surface area contributed by atoms with Crippen molar-refractivity contribution in [3.63, 3.8) is 0 Å². The van der Waals surface area contributed by atoms with Crippen molar-refractivity contribution in [2.24, 2.45) is 4.99 Å². The van der Waals surface area contributed by atoms with Crippen LogP contribution in [-0.2, 0) is 27.4 Å². The van der Waals surface area contributed by atoms with Crippen molar-refractivity contribution in [2.75, 3.05) is 6.54 Å². The van der Waals surface area contributed by atoms with Gasteiger partial charge < -0.3 is 19.2 Å². The monoisotopic (exact) mass is 577 g/mol. The van der Waals surface area contributed by atoms with Crippen molar-refractivity contribution in [3.8, 4) is 0 Å². The van der Waals surface area contributed by atoms with Crippen LogP contribution >= 0.6 is 23.2 Å². The van der Waals surface area contributed by atoms with Crippen LogP contribution in [0.15, 0.2) is 53.5 Å². The number of unbranched alkanes of at least 4 members (excludes halogenated alkanes) is 1. The van der Waals surface area contributed by atoms with E-state index in [9.17, 15) is 14.4 Å². The van der Waals surface area contributed by atoms with Gasteiger partial charge in [0.05, 0.1) is 6.54 Å². The minimum atomic E-state index is -0.862. The summed E-state index contributed by atoms with van der Waals surface area (Å²) < 4.78 is 11.2. The first kappa shape index (κ1) is 32.1. The zero-order valence-electron chi connectivity index (χ0n) is 23.4. The molecule has 2 rings (SSSR count). The number of ether oxygens (including phenoxy) is 2. The predicted molar refractivity (Wildman–Crippen MR) is 154 cm³/mol. The number of rotatable bonds is 8. The Kier molecular flexibility index (Phi) is 11.8. The number of carbonyl (C=O) groups excluding carboxylic acids is 3. The van der Waals surface area contributed by atoms with Crippen LogP contribution in [-0.4, -0.2) is 52.0 Å². The highest BCUT2D eigenvalue weighted by atomic mass is 35.5. The van der Waals surface area contributed by atoms with Crippen molar-refractivity contribution in [1.82, 2.24) is 9.80 Å². The molecule has 0 radical (unpaired) electrons. The minimum Gasteiger partial charge on any atom is -0.443 e. The summed E-state index contributed by atoms with van der Waals surface area (Å²) in [7, 11) is 0. The molecule has 0 saturated carbocycles. The Morgan fingerprint density at radius 3 is 1.77 bits per heavy atom. The van der Waals surface area contributed by atoms with Gasteiger partial charge in [0.1, 0.15) is 17.5 Å². The lowest BCUT2D eigenvalue weighted by Gasteiger charge is -2.34. The van der Waals surface area contributed by atoms with Gasteiger partial charge >= 0.3 is 12.2 Å². The molecule has 0 aliphatic rings. The Hall–Kier alpha value is -3.10. The number of guanidine groups is 1. The topological polar surface area (TPSA) is 88.5 Å². The highest BCUT2D eigenvalue weighted by molar-refractivity contribution is 6.30. The molecule has 2 amide bonds. The summed E-state index contributed by atoms with van der Waals surface area (Å²) in [4.78, 5) is 45.1. The van der Waals surface area contributed by atoms with E-state index in [0.29, 0.717) is 29.4 Å². The van der Waals surface area contributed by atoms with Crippen molar-refractivity contribution in [2.45, 2.75) is 78.7 Å². The van der Waals surface area contributed by atoms with E-state index < -0.39 is 23.4 Å². The molecular formula is C29H37Cl2N3O5. The summed E-state index contributed by atoms with van der Waals surface area (Å²) in [6.07, 6.45) is 0.0216. The molecule has 0 aliphatic carbocycles. The van der Waals surface area contributed by atoms with E-state index in [4.69, 9.17) is 32.7 Å². The van der Waals surface area contributed by atoms with Crippen LogP contribution in [0.5, 0.6) is 0 Å². The molecule has 0 unspecified atom stereocenters. The maximum atomic E-state index is 13.6. The molecule has 10 heteroatoms. The maximum Gasteiger partial charge on any atom is 0.437 e. The van der Waals surface area contributed by atoms with Crippen LogP contribution < -0.4 is 0 Å². The standard InChI is InChI=1S/C29H37Cl2N3O5/c1-28(2,3)38-26(36)32-25(33(17-7-8-18-35)19-21-9-13-23(30)14-10-21)34(27(37)39-29(4,5)6)20-22-11-15-24(31)16-12-22/h9-16,18H,7-8,17,19-20H2,1-6H3. The molecule has 0 spiro atoms. The maximum absolute atomic E-state index is 13.6. The van der Waals surface area contributed by atoms with E-state index in [0.717, 1.165) is 17.4 Å². The summed E-state index contributed by atoms with van der Waals surface area (Å²) in [5.41, 5.74) is -0.0262. The van der Waals surface area contributed by atoms with Gasteiger partial charge in [-0.15, -0.1) is 4.99 Å². The van der Waals surface area contributed by atoms with Crippen molar-refractivity contribution in [1.29, 1.82) is 0 Å². The first-order valence-corrected chi connectivity index (χ1v) is 13.4. The molecule has 39 heavy (non-hydrogen) atoms. The number of benzene rings is 2. The third kappa shape index (κ3) is 12.1. The van der Waals surface area contributed by atoms with Gasteiger partial charge in [-0.1, -0.05) is 47.5 Å². The lowest BCUT2D eigenvalue weighted by molar-refractivity contribution is -0.108. The number of nitrogens with zero attached hydrogens (tertiary/aromatic N) is 3. The average Bonchev–Trinajstić information content (AvgIpc) is 2.81. The molecule has 0 aromatic heterocycles. The van der Waals surface area contributed by atoms with Crippen LogP contribution in [0.25, 0.3) is 0 Å². The van der Waals surface area contributed by atoms with E-state index in [1.54, 1.807) is 82.8 Å². The smallest absolute Gasteiger partial charge is 0.437 e. The van der Waals surface area contributed by atoms with Crippen molar-refractivity contribution >= 4 is 47.6 Å². The number of hydrogen-bond acceptors (Lipinski definition) is 5. The molecule has 0 fully saturated rings. The summed E-state index contributed by atoms with van der Waals surface area (Å²) in [6.45, 7) is 11.1. The second-order valence-electron chi connectivity index (χ2n) is 10.9. The molecule has 2 aromatic carbocycles. The quantitative estimate of drug-likeness (QED) is 0.140. The number of aliphatic imine (C=N–C) groups is 1. The van der Waals surface area contributed by atoms with Gasteiger partial charge in [0.15, 0.2) is 0 Å². The molecule has 0 atom stereocenters. The highest BCUT2D eigenvalue weighted by Crippen LogP contribution is 2.20. The third-order valence-corrected chi connectivity index (χ3v) is 5.52. The summed E-state index contributed by atoms with van der Waals surface area (Å²) in [5.74, 6) is 0.0364. The number of aldehydes is 1. The molecule has 8 nitrogen and oxygen atoms in total. The molecule has 0 bridgehead atoms. The second-order valence-corrected chi connectivity index (χ2v) is 11.8. The Morgan fingerprint density at radius 1 is 0.821 bits per heavy atom. The van der Waals surface area contributed by atoms with Gasteiger partial charge in [-0.05, 0) is 83.4 Å². The van der Waals surface area contributed by atoms with Crippen LogP contribution in [0.1, 0.15) is 65.5 Å². The first-order valence-electron chi connectivity index (χ1n) is 12.7. The normalized spacial score (nSPS) is 12.1. The third-order valence-electron chi connectivity index (χ3n) is 5.01. The predicted octanol–water partition coefficient (Wildman–Crippen LogP) is 7.50. The van der Waals surface area contributed by atoms with Gasteiger partial charge in [-0.3, -0.25) is 0 Å². The van der Waals surface area contributed by atoms with Crippen LogP contribution in [0.4, 0.5) is 9.59 Å². The lowest BCUT2D eigenvalue weighted by atomic mass is 10.2. The fourth-order valence-corrected chi connectivity index (χ4v) is 3.65. The Bertz CT molecular complexity index is 1140. The van der Waals surface area contributed by atoms with Gasteiger partial charge in [0.2, 0.25) is 5.96 Å². The van der Waals surface area contributed by atoms with E-state index in [1.165, 1.54) is 4.90 Å². The summed E-state index contributed by atoms with van der Waals surface area (Å²) >= 11 is 12.2. The van der Waals surface area contributed by atoms with E-state index >= 15 is 0 Å². The van der Waals surface area contributed by atoms with Gasteiger partial charge in [-0.2, -0.15) is 0 Å². The van der Waals surface area contributed by atoms with Gasteiger partial charge in [-0.25, -0.2) is 14.5 Å². The van der Waals surface area contributed by atoms with E-state index in [1.807, 2.05) is 12.1 Å². The lowest BCUT2D eigenvalue weighted by Crippen LogP contribution is -2.49. The molecule has 0 heterocycles. The average molecular weight is 579 g/mol. The first-order chi connectivity index (χ1) is 18.2. The molecule has 2 aromatic rings. The molecule has 212 valence electrons. The van der Waals surface area contributed by atoms with Gasteiger partial charge in [0.25, 0.3) is 0 Å². The Morgan fingerprint density at radius 2 is 1.31 bits per heavy atom. The zero-order valence-corrected chi connectivity index (χ0v) is 24.9. The Labute approximate surface area is 240 Å². The van der Waals surface area contributed by atoms with E-state index in [-0.39, 0.29) is 19.0 Å². The fraction of sp³-hybridized carbons (Fsp3) is 0.448. The van der Waals surface area contributed by atoms with Gasteiger partial charge in [0, 0.05) is 29.6 Å². The number of carbonyl (C=O) groups is 3. The van der Waals surface area contributed by atoms with Crippen LogP contribution in [0.3, 0.4) is 0 Å². The van der Waals surface area contributed by atoms with E-state index in [2.05, 4.69) is 4.99 Å². The SMILES string of the molecule is CC(C)(C)OC(=O)N=C(N(CCCC=O)Cc1ccc(Cl)cc1)N(Cc1ccc(Cl)cc1)C(=O)OC(C)(C)C. The Balaban J connectivity index is 2.65. The molecule has 0 N–H and O–H groups in total. The second kappa shape index (κ2) is 14.3. The van der Waals surface area contributed by atoms with Crippen LogP contribution in [0.2, 0.25) is 10.0 Å². The number of halogens is 2. The van der Waals surface area contributed by atoms with Crippen LogP contribution in [0, 0.1) is 0 Å². The number of amides is 2. The molecular weight excluding hydrogens is 541 g/mol. The zero-order chi connectivity index (χ0) is 29.2. The molecule has 0 saturated heterocycles. The molecule has 0 aliphatic heterocycles. The van der Waals surface area contributed by atoms with Crippen molar-refractivity contribution in [3.05, 3.63) is 69.7 Å². The largest absolute Gasteiger partial charge is 0.443 e. The summed E-state index contributed by atoms with van der Waals surface area (Å²) in [6, 6.07) is 14.2. The fourth-order valence-electron chi connectivity index (χ4n) is 3.40. The van der Waals surface area contributed by atoms with Crippen molar-refractivity contribution < 1.29 is 23.9 Å². The highest BCUT2D eigenvalue weighted by Gasteiger charge is 2.31. The minimum absolute atomic E-state index is 0.0364. The summed E-state index contributed by atoms with van der Waals surface area (Å²) in [5, 5.41) is 1.12. The number of hydrogen-bond donors (Lipinski definition) is 0.